The molecule has 3 rings (SSSR count). The van der Waals surface area contributed by atoms with Crippen LogP contribution < -0.4 is 5.32 Å². The standard InChI is InChI=1S/C21H24N2O2S/c1-5-14-7-9-15(10-8-14)22-16-11-21(3,4)12-17-19(16)26-13-18(23-17)20(24)25-6-2/h1,7-10,18,22H,6,11-13H2,2-4H3. The molecular formula is C21H24N2O2S. The van der Waals surface area contributed by atoms with E-state index in [4.69, 9.17) is 16.2 Å². The number of fused-ring (bicyclic) bond motifs is 1. The number of terminal acetylenes is 1. The number of esters is 1. The van der Waals surface area contributed by atoms with Crippen LogP contribution >= 0.6 is 11.8 Å². The Morgan fingerprint density at radius 1 is 1.38 bits per heavy atom. The van der Waals surface area contributed by atoms with Crippen LogP contribution in [-0.4, -0.2) is 30.1 Å². The van der Waals surface area contributed by atoms with Gasteiger partial charge in [-0.15, -0.1) is 18.2 Å². The van der Waals surface area contributed by atoms with E-state index >= 15 is 0 Å². The lowest BCUT2D eigenvalue weighted by Gasteiger charge is -2.36. The van der Waals surface area contributed by atoms with Crippen molar-refractivity contribution in [3.8, 4) is 12.3 Å². The topological polar surface area (TPSA) is 50.7 Å². The van der Waals surface area contributed by atoms with Crippen molar-refractivity contribution in [1.29, 1.82) is 0 Å². The molecule has 0 amide bonds. The molecule has 0 aromatic heterocycles. The zero-order valence-electron chi connectivity index (χ0n) is 15.5. The van der Waals surface area contributed by atoms with Gasteiger partial charge in [-0.2, -0.15) is 0 Å². The maximum Gasteiger partial charge on any atom is 0.331 e. The second-order valence-electron chi connectivity index (χ2n) is 7.33. The highest BCUT2D eigenvalue weighted by Crippen LogP contribution is 2.43. The van der Waals surface area contributed by atoms with E-state index in [9.17, 15) is 4.79 Å². The minimum absolute atomic E-state index is 0.0839. The summed E-state index contributed by atoms with van der Waals surface area (Å²) in [6, 6.07) is 7.46. The molecule has 0 saturated heterocycles. The van der Waals surface area contributed by atoms with Crippen LogP contribution in [0.5, 0.6) is 0 Å². The second-order valence-corrected chi connectivity index (χ2v) is 8.36. The van der Waals surface area contributed by atoms with Crippen molar-refractivity contribution in [2.75, 3.05) is 17.7 Å². The fraction of sp³-hybridized carbons (Fsp3) is 0.429. The number of benzene rings is 1. The van der Waals surface area contributed by atoms with Crippen molar-refractivity contribution >= 4 is 29.1 Å². The maximum atomic E-state index is 12.1. The summed E-state index contributed by atoms with van der Waals surface area (Å²) in [7, 11) is 0. The van der Waals surface area contributed by atoms with Gasteiger partial charge in [0.25, 0.3) is 0 Å². The Labute approximate surface area is 159 Å². The monoisotopic (exact) mass is 368 g/mol. The van der Waals surface area contributed by atoms with Gasteiger partial charge in [0.2, 0.25) is 0 Å². The van der Waals surface area contributed by atoms with Gasteiger partial charge in [0.1, 0.15) is 0 Å². The molecule has 1 aliphatic heterocycles. The Hall–Kier alpha value is -2.19. The average Bonchev–Trinajstić information content (AvgIpc) is 2.61. The minimum Gasteiger partial charge on any atom is -0.464 e. The summed E-state index contributed by atoms with van der Waals surface area (Å²) in [5.41, 5.74) is 4.14. The van der Waals surface area contributed by atoms with E-state index in [1.807, 2.05) is 31.2 Å². The molecule has 1 heterocycles. The van der Waals surface area contributed by atoms with E-state index in [1.165, 1.54) is 10.6 Å². The highest BCUT2D eigenvalue weighted by atomic mass is 32.2. The summed E-state index contributed by atoms with van der Waals surface area (Å²) in [5, 5.41) is 3.55. The molecule has 0 radical (unpaired) electrons. The Morgan fingerprint density at radius 2 is 2.12 bits per heavy atom. The van der Waals surface area contributed by atoms with Crippen LogP contribution in [0.4, 0.5) is 5.69 Å². The van der Waals surface area contributed by atoms with Crippen molar-refractivity contribution in [3.63, 3.8) is 0 Å². The number of nitrogens with zero attached hydrogens (tertiary/aromatic N) is 1. The van der Waals surface area contributed by atoms with Crippen LogP contribution in [0.3, 0.4) is 0 Å². The molecule has 0 spiro atoms. The third-order valence-electron chi connectivity index (χ3n) is 4.44. The molecule has 1 atom stereocenters. The highest BCUT2D eigenvalue weighted by molar-refractivity contribution is 8.04. The SMILES string of the molecule is C#Cc1ccc(NC2=C3SCC(C(=O)OCC)N=C3CC(C)(C)C2)cc1. The van der Waals surface area contributed by atoms with Crippen molar-refractivity contribution in [2.45, 2.75) is 39.7 Å². The van der Waals surface area contributed by atoms with E-state index in [-0.39, 0.29) is 11.4 Å². The van der Waals surface area contributed by atoms with E-state index in [1.54, 1.807) is 11.8 Å². The van der Waals surface area contributed by atoms with Gasteiger partial charge in [-0.3, -0.25) is 4.99 Å². The van der Waals surface area contributed by atoms with Crippen molar-refractivity contribution in [1.82, 2.24) is 0 Å². The number of allylic oxidation sites excluding steroid dienone is 2. The third kappa shape index (κ3) is 4.13. The van der Waals surface area contributed by atoms with Gasteiger partial charge in [0.05, 0.1) is 12.3 Å². The van der Waals surface area contributed by atoms with E-state index in [0.717, 1.165) is 29.8 Å². The predicted molar refractivity (Wildman–Crippen MR) is 108 cm³/mol. The Kier molecular flexibility index (Phi) is 5.43. The third-order valence-corrected chi connectivity index (χ3v) is 5.69. The molecule has 0 saturated carbocycles. The first-order chi connectivity index (χ1) is 12.4. The number of carbonyl (C=O) groups is 1. The lowest BCUT2D eigenvalue weighted by molar-refractivity contribution is -0.143. The molecule has 5 heteroatoms. The number of nitrogens with one attached hydrogen (secondary N) is 1. The molecule has 2 aliphatic rings. The van der Waals surface area contributed by atoms with Crippen LogP contribution in [0, 0.1) is 17.8 Å². The summed E-state index contributed by atoms with van der Waals surface area (Å²) in [5.74, 6) is 3.03. The van der Waals surface area contributed by atoms with Gasteiger partial charge in [-0.25, -0.2) is 4.79 Å². The number of rotatable bonds is 4. The van der Waals surface area contributed by atoms with Crippen molar-refractivity contribution in [2.24, 2.45) is 10.4 Å². The first-order valence-electron chi connectivity index (χ1n) is 8.85. The fourth-order valence-electron chi connectivity index (χ4n) is 3.28. The molecule has 0 fully saturated rings. The molecule has 1 aromatic rings. The van der Waals surface area contributed by atoms with Crippen LogP contribution in [0.25, 0.3) is 0 Å². The first kappa shape index (κ1) is 18.6. The number of ether oxygens (including phenoxy) is 1. The molecule has 26 heavy (non-hydrogen) atoms. The fourth-order valence-corrected chi connectivity index (χ4v) is 4.40. The summed E-state index contributed by atoms with van der Waals surface area (Å²) in [6.45, 7) is 6.67. The predicted octanol–water partition coefficient (Wildman–Crippen LogP) is 4.23. The smallest absolute Gasteiger partial charge is 0.331 e. The van der Waals surface area contributed by atoms with Crippen molar-refractivity contribution < 1.29 is 9.53 Å². The van der Waals surface area contributed by atoms with Gasteiger partial charge in [-0.05, 0) is 49.4 Å². The lowest BCUT2D eigenvalue weighted by atomic mass is 9.78. The molecular weight excluding hydrogens is 344 g/mol. The molecule has 1 aromatic carbocycles. The van der Waals surface area contributed by atoms with Gasteiger partial charge >= 0.3 is 5.97 Å². The minimum atomic E-state index is -0.399. The number of aliphatic imine (C=N–C) groups is 1. The molecule has 1 N–H and O–H groups in total. The first-order valence-corrected chi connectivity index (χ1v) is 9.84. The van der Waals surface area contributed by atoms with E-state index < -0.39 is 6.04 Å². The van der Waals surface area contributed by atoms with Gasteiger partial charge < -0.3 is 10.1 Å². The highest BCUT2D eigenvalue weighted by Gasteiger charge is 2.36. The number of anilines is 1. The van der Waals surface area contributed by atoms with Crippen LogP contribution in [0.1, 0.15) is 39.2 Å². The molecule has 1 unspecified atom stereocenters. The number of thioether (sulfide) groups is 1. The van der Waals surface area contributed by atoms with Crippen LogP contribution in [0.2, 0.25) is 0 Å². The van der Waals surface area contributed by atoms with Gasteiger partial charge in [0.15, 0.2) is 6.04 Å². The van der Waals surface area contributed by atoms with Crippen molar-refractivity contribution in [3.05, 3.63) is 40.4 Å². The zero-order valence-corrected chi connectivity index (χ0v) is 16.3. The van der Waals surface area contributed by atoms with Gasteiger partial charge in [-0.1, -0.05) is 19.8 Å². The molecule has 4 nitrogen and oxygen atoms in total. The normalized spacial score (nSPS) is 21.3. The Balaban J connectivity index is 1.89. The van der Waals surface area contributed by atoms with Crippen LogP contribution in [0.15, 0.2) is 39.9 Å². The Morgan fingerprint density at radius 3 is 2.77 bits per heavy atom. The van der Waals surface area contributed by atoms with E-state index in [2.05, 4.69) is 25.1 Å². The quantitative estimate of drug-likeness (QED) is 0.638. The number of hydrogen-bond donors (Lipinski definition) is 1. The molecule has 0 bridgehead atoms. The van der Waals surface area contributed by atoms with Crippen LogP contribution in [-0.2, 0) is 9.53 Å². The van der Waals surface area contributed by atoms with E-state index in [0.29, 0.717) is 12.4 Å². The zero-order chi connectivity index (χ0) is 18.7. The summed E-state index contributed by atoms with van der Waals surface area (Å²) >= 11 is 1.70. The summed E-state index contributed by atoms with van der Waals surface area (Å²) < 4.78 is 5.15. The maximum absolute atomic E-state index is 12.1. The second kappa shape index (κ2) is 7.59. The summed E-state index contributed by atoms with van der Waals surface area (Å²) in [4.78, 5) is 18.0. The van der Waals surface area contributed by atoms with Gasteiger partial charge in [0, 0.05) is 27.6 Å². The summed E-state index contributed by atoms with van der Waals surface area (Å²) in [6.07, 6.45) is 7.24. The average molecular weight is 369 g/mol. The Bertz CT molecular complexity index is 800. The number of hydrogen-bond acceptors (Lipinski definition) is 5. The largest absolute Gasteiger partial charge is 0.464 e. The molecule has 1 aliphatic carbocycles. The lowest BCUT2D eigenvalue weighted by Crippen LogP contribution is -2.34. The molecule has 136 valence electrons. The number of carbonyl (C=O) groups excluding carboxylic acids is 1.